The summed E-state index contributed by atoms with van der Waals surface area (Å²) in [5.74, 6) is 4.70. The molecule has 0 aliphatic rings. The van der Waals surface area contributed by atoms with Gasteiger partial charge in [0.2, 0.25) is 0 Å². The van der Waals surface area contributed by atoms with E-state index in [0.29, 0.717) is 0 Å². The largest absolute Gasteiger partial charge is 0.475 e. The molecule has 0 saturated heterocycles. The minimum atomic E-state index is -0.0873. The fourth-order valence-electron chi connectivity index (χ4n) is 0.278. The van der Waals surface area contributed by atoms with Crippen molar-refractivity contribution in [2.24, 2.45) is 0 Å². The summed E-state index contributed by atoms with van der Waals surface area (Å²) in [4.78, 5) is 0. The first-order valence-electron chi connectivity index (χ1n) is 3.30. The molecule has 2 N–H and O–H groups in total. The average Bonchev–Trinajstić information content (AvgIpc) is 2.22. The first-order chi connectivity index (χ1) is 6.70. The quantitative estimate of drug-likeness (QED) is 0.235. The van der Waals surface area contributed by atoms with Crippen LogP contribution in [-0.2, 0) is 9.47 Å². The number of methoxy groups -OCH3 is 2. The Bertz CT molecular complexity index is 299. The fourth-order valence-corrected chi connectivity index (χ4v) is 1.13. The van der Waals surface area contributed by atoms with Crippen molar-refractivity contribution in [1.29, 1.82) is 10.8 Å². The van der Waals surface area contributed by atoms with Crippen molar-refractivity contribution in [1.82, 2.24) is 0 Å². The molecule has 6 heteroatoms. The van der Waals surface area contributed by atoms with Crippen LogP contribution in [0.25, 0.3) is 0 Å². The first-order valence-corrected chi connectivity index (χ1v) is 5.45. The lowest BCUT2D eigenvalue weighted by atomic mass is 10.7. The number of ether oxygens (including phenoxy) is 2. The maximum absolute atomic E-state index is 7.01. The molecule has 0 radical (unpaired) electrons. The Hall–Kier alpha value is -1.24. The molecule has 0 spiro atoms. The van der Waals surface area contributed by atoms with Gasteiger partial charge in [0.25, 0.3) is 11.8 Å². The van der Waals surface area contributed by atoms with Crippen LogP contribution in [0.2, 0.25) is 0 Å². The van der Waals surface area contributed by atoms with Gasteiger partial charge in [-0.05, 0) is 10.5 Å². The molecule has 0 bridgehead atoms. The molecule has 0 aromatic heterocycles. The second kappa shape index (κ2) is 8.36. The molecule has 4 nitrogen and oxygen atoms in total. The maximum atomic E-state index is 7.01. The Labute approximate surface area is 90.5 Å². The van der Waals surface area contributed by atoms with Crippen LogP contribution in [0.5, 0.6) is 0 Å². The van der Waals surface area contributed by atoms with Crippen LogP contribution >= 0.6 is 21.6 Å². The van der Waals surface area contributed by atoms with Gasteiger partial charge in [0.05, 0.1) is 14.2 Å². The van der Waals surface area contributed by atoms with E-state index in [4.69, 9.17) is 10.8 Å². The third-order valence-corrected chi connectivity index (χ3v) is 2.07. The van der Waals surface area contributed by atoms with Crippen molar-refractivity contribution in [2.45, 2.75) is 0 Å². The number of nitrogens with one attached hydrogen (secondary N) is 2. The Kier molecular flexibility index (Phi) is 7.62. The molecule has 0 unspecified atom stereocenters. The second-order valence-corrected chi connectivity index (χ2v) is 3.43. The molecule has 0 atom stereocenters. The average molecular weight is 228 g/mol. The first kappa shape index (κ1) is 12.8. The van der Waals surface area contributed by atoms with Crippen LogP contribution in [0.4, 0.5) is 0 Å². The normalized spacial score (nSPS) is 7.29. The Morgan fingerprint density at radius 2 is 1.29 bits per heavy atom. The number of hydrogen-bond acceptors (Lipinski definition) is 6. The third kappa shape index (κ3) is 7.41. The molecule has 0 amide bonds. The predicted octanol–water partition coefficient (Wildman–Crippen LogP) is 1.54. The SMILES string of the molecule is COC(=N)C#CSSC#CC(=N)OC. The summed E-state index contributed by atoms with van der Waals surface area (Å²) in [5, 5.41) is 19.2. The third-order valence-electron chi connectivity index (χ3n) is 0.862. The van der Waals surface area contributed by atoms with Crippen LogP contribution in [0, 0.1) is 33.2 Å². The van der Waals surface area contributed by atoms with E-state index in [1.165, 1.54) is 14.2 Å². The molecule has 0 aromatic carbocycles. The fraction of sp³-hybridized carbons (Fsp3) is 0.250. The summed E-state index contributed by atoms with van der Waals surface area (Å²) in [5.41, 5.74) is 0. The highest BCUT2D eigenvalue weighted by Gasteiger charge is 1.85. The number of rotatable bonds is 1. The monoisotopic (exact) mass is 228 g/mol. The molecule has 14 heavy (non-hydrogen) atoms. The van der Waals surface area contributed by atoms with Gasteiger partial charge in [-0.1, -0.05) is 0 Å². The summed E-state index contributed by atoms with van der Waals surface area (Å²) >= 11 is 0. The molecule has 0 heterocycles. The van der Waals surface area contributed by atoms with Gasteiger partial charge in [0.1, 0.15) is 0 Å². The van der Waals surface area contributed by atoms with E-state index in [2.05, 4.69) is 31.8 Å². The molecule has 0 saturated carbocycles. The molecule has 0 aromatic rings. The highest BCUT2D eigenvalue weighted by Crippen LogP contribution is 2.17. The highest BCUT2D eigenvalue weighted by molar-refractivity contribution is 8.80. The van der Waals surface area contributed by atoms with Crippen LogP contribution in [0.1, 0.15) is 0 Å². The van der Waals surface area contributed by atoms with E-state index in [9.17, 15) is 0 Å². The van der Waals surface area contributed by atoms with Gasteiger partial charge in [-0.2, -0.15) is 0 Å². The molecular formula is C8H8N2O2S2. The van der Waals surface area contributed by atoms with Crippen molar-refractivity contribution >= 4 is 33.4 Å². The van der Waals surface area contributed by atoms with E-state index in [1.807, 2.05) is 0 Å². The van der Waals surface area contributed by atoms with E-state index >= 15 is 0 Å². The smallest absolute Gasteiger partial charge is 0.261 e. The van der Waals surface area contributed by atoms with Crippen molar-refractivity contribution in [3.63, 3.8) is 0 Å². The second-order valence-electron chi connectivity index (χ2n) is 1.69. The van der Waals surface area contributed by atoms with Crippen molar-refractivity contribution in [2.75, 3.05) is 14.2 Å². The summed E-state index contributed by atoms with van der Waals surface area (Å²) in [6, 6.07) is 0. The van der Waals surface area contributed by atoms with E-state index in [-0.39, 0.29) is 11.8 Å². The zero-order valence-corrected chi connectivity index (χ0v) is 9.27. The van der Waals surface area contributed by atoms with E-state index in [0.717, 1.165) is 21.6 Å². The summed E-state index contributed by atoms with van der Waals surface area (Å²) in [6.45, 7) is 0. The van der Waals surface area contributed by atoms with Crippen molar-refractivity contribution < 1.29 is 9.47 Å². The topological polar surface area (TPSA) is 66.2 Å². The number of hydrogen-bond donors (Lipinski definition) is 2. The maximum Gasteiger partial charge on any atom is 0.261 e. The van der Waals surface area contributed by atoms with Crippen molar-refractivity contribution in [3.05, 3.63) is 0 Å². The lowest BCUT2D eigenvalue weighted by Gasteiger charge is -1.87. The van der Waals surface area contributed by atoms with Gasteiger partial charge >= 0.3 is 0 Å². The van der Waals surface area contributed by atoms with Gasteiger partial charge in [0, 0.05) is 33.4 Å². The van der Waals surface area contributed by atoms with E-state index < -0.39 is 0 Å². The molecule has 0 aliphatic heterocycles. The lowest BCUT2D eigenvalue weighted by molar-refractivity contribution is 0.405. The molecule has 0 fully saturated rings. The zero-order valence-electron chi connectivity index (χ0n) is 7.63. The highest BCUT2D eigenvalue weighted by atomic mass is 33.1. The van der Waals surface area contributed by atoms with Crippen LogP contribution < -0.4 is 0 Å². The summed E-state index contributed by atoms with van der Waals surface area (Å²) in [7, 11) is 5.08. The summed E-state index contributed by atoms with van der Waals surface area (Å²) < 4.78 is 9.02. The van der Waals surface area contributed by atoms with Gasteiger partial charge < -0.3 is 9.47 Å². The van der Waals surface area contributed by atoms with E-state index in [1.54, 1.807) is 0 Å². The lowest BCUT2D eigenvalue weighted by Crippen LogP contribution is -1.92. The van der Waals surface area contributed by atoms with Crippen LogP contribution in [0.3, 0.4) is 0 Å². The standard InChI is InChI=1S/C8H8N2O2S2/c1-11-7(9)3-5-13-14-6-4-8(10)12-2/h9-10H,1-2H3. The molecule has 74 valence electrons. The van der Waals surface area contributed by atoms with Gasteiger partial charge in [-0.3, -0.25) is 10.8 Å². The minimum Gasteiger partial charge on any atom is -0.475 e. The van der Waals surface area contributed by atoms with Crippen molar-refractivity contribution in [3.8, 4) is 22.3 Å². The van der Waals surface area contributed by atoms with Gasteiger partial charge in [0.15, 0.2) is 0 Å². The molecule has 0 rings (SSSR count). The van der Waals surface area contributed by atoms with Gasteiger partial charge in [-0.25, -0.2) is 0 Å². The Morgan fingerprint density at radius 1 is 0.929 bits per heavy atom. The van der Waals surface area contributed by atoms with Crippen LogP contribution in [0.15, 0.2) is 0 Å². The Morgan fingerprint density at radius 3 is 1.57 bits per heavy atom. The minimum absolute atomic E-state index is 0.0873. The van der Waals surface area contributed by atoms with Crippen LogP contribution in [-0.4, -0.2) is 26.0 Å². The van der Waals surface area contributed by atoms with Gasteiger partial charge in [-0.15, -0.1) is 0 Å². The summed E-state index contributed by atoms with van der Waals surface area (Å²) in [6.07, 6.45) is 0. The zero-order chi connectivity index (χ0) is 10.8. The predicted molar refractivity (Wildman–Crippen MR) is 60.2 cm³/mol. The Balaban J connectivity index is 3.72. The molecule has 0 aliphatic carbocycles. The molecular weight excluding hydrogens is 220 g/mol.